The number of benzene rings is 1. The molecule has 1 aromatic carbocycles. The van der Waals surface area contributed by atoms with Crippen LogP contribution in [0.2, 0.25) is 5.02 Å². The van der Waals surface area contributed by atoms with E-state index < -0.39 is 16.8 Å². The standard InChI is InChI=1S/C10H10ClNO4/c1-2-7(10(13)14)8-5-6(12(15)16)3-4-9(8)11/h3-5,7H,2H2,1H3,(H,13,14). The Morgan fingerprint density at radius 1 is 1.62 bits per heavy atom. The molecular weight excluding hydrogens is 234 g/mol. The van der Waals surface area contributed by atoms with E-state index in [1.807, 2.05) is 0 Å². The molecule has 0 aliphatic rings. The van der Waals surface area contributed by atoms with Crippen LogP contribution in [0.1, 0.15) is 24.8 Å². The van der Waals surface area contributed by atoms with E-state index in [0.29, 0.717) is 6.42 Å². The summed E-state index contributed by atoms with van der Waals surface area (Å²) in [6, 6.07) is 3.81. The molecule has 0 radical (unpaired) electrons. The van der Waals surface area contributed by atoms with E-state index in [9.17, 15) is 14.9 Å². The Morgan fingerprint density at radius 3 is 2.69 bits per heavy atom. The number of non-ortho nitro benzene ring substituents is 1. The lowest BCUT2D eigenvalue weighted by Gasteiger charge is -2.11. The van der Waals surface area contributed by atoms with Gasteiger partial charge in [-0.1, -0.05) is 18.5 Å². The van der Waals surface area contributed by atoms with Gasteiger partial charge in [-0.15, -0.1) is 0 Å². The molecule has 0 bridgehead atoms. The molecule has 0 heterocycles. The van der Waals surface area contributed by atoms with Crippen LogP contribution in [0.15, 0.2) is 18.2 Å². The molecule has 0 saturated heterocycles. The van der Waals surface area contributed by atoms with E-state index in [1.54, 1.807) is 6.92 Å². The number of nitro benzene ring substituents is 1. The molecule has 0 aliphatic carbocycles. The van der Waals surface area contributed by atoms with E-state index in [2.05, 4.69) is 0 Å². The predicted molar refractivity (Wildman–Crippen MR) is 58.8 cm³/mol. The summed E-state index contributed by atoms with van der Waals surface area (Å²) in [5.74, 6) is -1.85. The van der Waals surface area contributed by atoms with Gasteiger partial charge < -0.3 is 5.11 Å². The van der Waals surface area contributed by atoms with Crippen molar-refractivity contribution in [2.24, 2.45) is 0 Å². The van der Waals surface area contributed by atoms with Crippen molar-refractivity contribution < 1.29 is 14.8 Å². The minimum absolute atomic E-state index is 0.154. The summed E-state index contributed by atoms with van der Waals surface area (Å²) < 4.78 is 0. The highest BCUT2D eigenvalue weighted by Crippen LogP contribution is 2.30. The van der Waals surface area contributed by atoms with Crippen molar-refractivity contribution in [3.63, 3.8) is 0 Å². The van der Waals surface area contributed by atoms with Crippen molar-refractivity contribution >= 4 is 23.3 Å². The highest BCUT2D eigenvalue weighted by atomic mass is 35.5. The molecule has 0 aromatic heterocycles. The van der Waals surface area contributed by atoms with E-state index in [-0.39, 0.29) is 16.3 Å². The summed E-state index contributed by atoms with van der Waals surface area (Å²) in [5, 5.41) is 19.7. The maximum Gasteiger partial charge on any atom is 0.311 e. The maximum absolute atomic E-state index is 10.9. The van der Waals surface area contributed by atoms with Gasteiger partial charge in [-0.25, -0.2) is 0 Å². The summed E-state index contributed by atoms with van der Waals surface area (Å²) in [6.07, 6.45) is 0.330. The molecule has 1 N–H and O–H groups in total. The van der Waals surface area contributed by atoms with Crippen LogP contribution in [0.25, 0.3) is 0 Å². The fraction of sp³-hybridized carbons (Fsp3) is 0.300. The van der Waals surface area contributed by atoms with Crippen LogP contribution in [0.3, 0.4) is 0 Å². The smallest absolute Gasteiger partial charge is 0.311 e. The fourth-order valence-electron chi connectivity index (χ4n) is 1.44. The summed E-state index contributed by atoms with van der Waals surface area (Å²) in [6.45, 7) is 1.69. The minimum Gasteiger partial charge on any atom is -0.481 e. The summed E-state index contributed by atoms with van der Waals surface area (Å²) >= 11 is 5.83. The van der Waals surface area contributed by atoms with Gasteiger partial charge in [0.05, 0.1) is 10.8 Å². The molecule has 1 unspecified atom stereocenters. The van der Waals surface area contributed by atoms with Gasteiger partial charge in [0.2, 0.25) is 0 Å². The Labute approximate surface area is 96.8 Å². The van der Waals surface area contributed by atoms with Crippen LogP contribution in [0.4, 0.5) is 5.69 Å². The number of carboxylic acids is 1. The number of nitrogens with zero attached hydrogens (tertiary/aromatic N) is 1. The normalized spacial score (nSPS) is 12.1. The van der Waals surface area contributed by atoms with E-state index in [1.165, 1.54) is 18.2 Å². The van der Waals surface area contributed by atoms with Crippen LogP contribution < -0.4 is 0 Å². The van der Waals surface area contributed by atoms with Crippen molar-refractivity contribution in [1.82, 2.24) is 0 Å². The van der Waals surface area contributed by atoms with Gasteiger partial charge in [0.1, 0.15) is 0 Å². The molecule has 86 valence electrons. The lowest BCUT2D eigenvalue weighted by Crippen LogP contribution is -2.11. The average Bonchev–Trinajstić information content (AvgIpc) is 2.20. The van der Waals surface area contributed by atoms with Crippen LogP contribution >= 0.6 is 11.6 Å². The molecule has 5 nitrogen and oxygen atoms in total. The van der Waals surface area contributed by atoms with Crippen LogP contribution in [-0.4, -0.2) is 16.0 Å². The van der Waals surface area contributed by atoms with Crippen molar-refractivity contribution in [2.75, 3.05) is 0 Å². The number of rotatable bonds is 4. The number of hydrogen-bond donors (Lipinski definition) is 1. The van der Waals surface area contributed by atoms with Gasteiger partial charge in [-0.05, 0) is 18.1 Å². The third-order valence-corrected chi connectivity index (χ3v) is 2.62. The predicted octanol–water partition coefficient (Wildman–Crippen LogP) is 2.83. The average molecular weight is 244 g/mol. The van der Waals surface area contributed by atoms with Gasteiger partial charge >= 0.3 is 5.97 Å². The molecule has 1 rings (SSSR count). The first kappa shape index (κ1) is 12.4. The third kappa shape index (κ3) is 2.49. The monoisotopic (exact) mass is 243 g/mol. The lowest BCUT2D eigenvalue weighted by molar-refractivity contribution is -0.384. The summed E-state index contributed by atoms with van der Waals surface area (Å²) in [7, 11) is 0. The zero-order valence-corrected chi connectivity index (χ0v) is 9.27. The van der Waals surface area contributed by atoms with Gasteiger partial charge in [0.15, 0.2) is 0 Å². The number of carboxylic acid groups (broad SMARTS) is 1. The summed E-state index contributed by atoms with van der Waals surface area (Å²) in [5.41, 5.74) is 0.130. The van der Waals surface area contributed by atoms with Crippen LogP contribution in [0.5, 0.6) is 0 Å². The van der Waals surface area contributed by atoms with Crippen LogP contribution in [-0.2, 0) is 4.79 Å². The van der Waals surface area contributed by atoms with Crippen molar-refractivity contribution in [3.05, 3.63) is 38.9 Å². The maximum atomic E-state index is 10.9. The number of halogens is 1. The van der Waals surface area contributed by atoms with E-state index in [4.69, 9.17) is 16.7 Å². The highest BCUT2D eigenvalue weighted by molar-refractivity contribution is 6.31. The second-order valence-corrected chi connectivity index (χ2v) is 3.67. The van der Waals surface area contributed by atoms with E-state index in [0.717, 1.165) is 0 Å². The molecule has 6 heteroatoms. The molecule has 1 atom stereocenters. The first-order valence-electron chi connectivity index (χ1n) is 4.64. The Bertz CT molecular complexity index is 433. The Morgan fingerprint density at radius 2 is 2.25 bits per heavy atom. The fourth-order valence-corrected chi connectivity index (χ4v) is 1.69. The van der Waals surface area contributed by atoms with E-state index >= 15 is 0 Å². The van der Waals surface area contributed by atoms with Gasteiger partial charge in [-0.3, -0.25) is 14.9 Å². The van der Waals surface area contributed by atoms with Crippen molar-refractivity contribution in [1.29, 1.82) is 0 Å². The molecule has 1 aromatic rings. The highest BCUT2D eigenvalue weighted by Gasteiger charge is 2.22. The largest absolute Gasteiger partial charge is 0.481 e. The SMILES string of the molecule is CCC(C(=O)O)c1cc([N+](=O)[O-])ccc1Cl. The molecule has 0 aliphatic heterocycles. The Hall–Kier alpha value is -1.62. The van der Waals surface area contributed by atoms with Crippen molar-refractivity contribution in [2.45, 2.75) is 19.3 Å². The van der Waals surface area contributed by atoms with Crippen LogP contribution in [0, 0.1) is 10.1 Å². The molecule has 0 spiro atoms. The zero-order chi connectivity index (χ0) is 12.3. The Balaban J connectivity index is 3.25. The number of carbonyl (C=O) groups is 1. The van der Waals surface area contributed by atoms with Gasteiger partial charge in [0.25, 0.3) is 5.69 Å². The quantitative estimate of drug-likeness (QED) is 0.651. The molecule has 16 heavy (non-hydrogen) atoms. The third-order valence-electron chi connectivity index (χ3n) is 2.27. The number of nitro groups is 1. The lowest BCUT2D eigenvalue weighted by atomic mass is 9.96. The Kier molecular flexibility index (Phi) is 3.84. The minimum atomic E-state index is -1.04. The number of hydrogen-bond acceptors (Lipinski definition) is 3. The van der Waals surface area contributed by atoms with Gasteiger partial charge in [0, 0.05) is 17.2 Å². The second-order valence-electron chi connectivity index (χ2n) is 3.26. The first-order valence-corrected chi connectivity index (χ1v) is 5.01. The summed E-state index contributed by atoms with van der Waals surface area (Å²) in [4.78, 5) is 20.9. The zero-order valence-electron chi connectivity index (χ0n) is 8.51. The second kappa shape index (κ2) is 4.94. The molecule has 0 amide bonds. The van der Waals surface area contributed by atoms with Gasteiger partial charge in [-0.2, -0.15) is 0 Å². The number of aliphatic carboxylic acids is 1. The molecule has 0 fully saturated rings. The molecule has 0 saturated carbocycles. The first-order chi connectivity index (χ1) is 7.47. The molecular formula is C10H10ClNO4. The topological polar surface area (TPSA) is 80.4 Å². The van der Waals surface area contributed by atoms with Crippen molar-refractivity contribution in [3.8, 4) is 0 Å².